The largest absolute Gasteiger partial charge is 0.454 e. The maximum Gasteiger partial charge on any atom is 0.261 e. The molecule has 0 radical (unpaired) electrons. The van der Waals surface area contributed by atoms with Gasteiger partial charge < -0.3 is 4.74 Å². The summed E-state index contributed by atoms with van der Waals surface area (Å²) in [5.41, 5.74) is 0. The minimum Gasteiger partial charge on any atom is -0.454 e. The molecular weight excluding hydrogens is 279 g/mol. The quantitative estimate of drug-likeness (QED) is 0.811. The van der Waals surface area contributed by atoms with Gasteiger partial charge in [-0.2, -0.15) is 0 Å². The van der Waals surface area contributed by atoms with Gasteiger partial charge in [-0.15, -0.1) is 0 Å². The minimum atomic E-state index is -3.76. The highest BCUT2D eigenvalue weighted by atomic mass is 35.7. The fourth-order valence-electron chi connectivity index (χ4n) is 1.32. The Kier molecular flexibility index (Phi) is 3.54. The van der Waals surface area contributed by atoms with Crippen LogP contribution in [0.5, 0.6) is 11.5 Å². The molecule has 0 aliphatic heterocycles. The van der Waals surface area contributed by atoms with E-state index in [1.165, 1.54) is 36.4 Å². The fourth-order valence-corrected chi connectivity index (χ4v) is 2.09. The Hall–Kier alpha value is -1.59. The molecule has 0 heterocycles. The van der Waals surface area contributed by atoms with E-state index in [1.54, 1.807) is 12.1 Å². The standard InChI is InChI=1S/C12H8ClFO3S/c13-18(15,16)10-7-5-9(6-8-10)17-12-4-2-1-3-11(12)14/h1-8H. The van der Waals surface area contributed by atoms with Gasteiger partial charge in [-0.3, -0.25) is 0 Å². The Morgan fingerprint density at radius 3 is 2.17 bits per heavy atom. The molecular formula is C12H8ClFO3S. The summed E-state index contributed by atoms with van der Waals surface area (Å²) < 4.78 is 40.6. The van der Waals surface area contributed by atoms with E-state index in [9.17, 15) is 12.8 Å². The Morgan fingerprint density at radius 2 is 1.61 bits per heavy atom. The second-order valence-corrected chi connectivity index (χ2v) is 6.01. The normalized spacial score (nSPS) is 11.2. The lowest BCUT2D eigenvalue weighted by Gasteiger charge is -2.06. The molecule has 0 saturated heterocycles. The van der Waals surface area contributed by atoms with Gasteiger partial charge in [-0.05, 0) is 36.4 Å². The van der Waals surface area contributed by atoms with Crippen LogP contribution >= 0.6 is 10.7 Å². The summed E-state index contributed by atoms with van der Waals surface area (Å²) in [7, 11) is 1.41. The monoisotopic (exact) mass is 286 g/mol. The summed E-state index contributed by atoms with van der Waals surface area (Å²) in [6.07, 6.45) is 0. The van der Waals surface area contributed by atoms with Crippen molar-refractivity contribution < 1.29 is 17.5 Å². The van der Waals surface area contributed by atoms with Crippen LogP contribution in [-0.4, -0.2) is 8.42 Å². The topological polar surface area (TPSA) is 43.4 Å². The van der Waals surface area contributed by atoms with E-state index >= 15 is 0 Å². The lowest BCUT2D eigenvalue weighted by Crippen LogP contribution is -1.91. The molecule has 18 heavy (non-hydrogen) atoms. The summed E-state index contributed by atoms with van der Waals surface area (Å²) >= 11 is 0. The Balaban J connectivity index is 2.24. The van der Waals surface area contributed by atoms with Crippen molar-refractivity contribution in [3.8, 4) is 11.5 Å². The number of benzene rings is 2. The van der Waals surface area contributed by atoms with E-state index < -0.39 is 14.9 Å². The van der Waals surface area contributed by atoms with Gasteiger partial charge in [-0.1, -0.05) is 12.1 Å². The molecule has 0 saturated carbocycles. The van der Waals surface area contributed by atoms with E-state index in [2.05, 4.69) is 0 Å². The van der Waals surface area contributed by atoms with E-state index in [-0.39, 0.29) is 10.6 Å². The first-order valence-electron chi connectivity index (χ1n) is 4.94. The van der Waals surface area contributed by atoms with Gasteiger partial charge in [0.25, 0.3) is 9.05 Å². The average molecular weight is 287 g/mol. The molecule has 94 valence electrons. The predicted octanol–water partition coefficient (Wildman–Crippen LogP) is 3.55. The maximum absolute atomic E-state index is 13.3. The van der Waals surface area contributed by atoms with Gasteiger partial charge in [0, 0.05) is 10.7 Å². The van der Waals surface area contributed by atoms with Crippen molar-refractivity contribution in [1.29, 1.82) is 0 Å². The van der Waals surface area contributed by atoms with Gasteiger partial charge in [0.1, 0.15) is 5.75 Å². The first-order valence-corrected chi connectivity index (χ1v) is 7.25. The molecule has 3 nitrogen and oxygen atoms in total. The van der Waals surface area contributed by atoms with Crippen molar-refractivity contribution in [2.75, 3.05) is 0 Å². The van der Waals surface area contributed by atoms with Crippen LogP contribution in [0.15, 0.2) is 53.4 Å². The SMILES string of the molecule is O=S(=O)(Cl)c1ccc(Oc2ccccc2F)cc1. The van der Waals surface area contributed by atoms with E-state index in [4.69, 9.17) is 15.4 Å². The molecule has 2 rings (SSSR count). The Bertz CT molecular complexity index is 653. The third-order valence-corrected chi connectivity index (χ3v) is 3.54. The van der Waals surface area contributed by atoms with E-state index in [1.807, 2.05) is 0 Å². The van der Waals surface area contributed by atoms with Crippen molar-refractivity contribution in [1.82, 2.24) is 0 Å². The van der Waals surface area contributed by atoms with Crippen molar-refractivity contribution in [2.24, 2.45) is 0 Å². The highest BCUT2D eigenvalue weighted by Gasteiger charge is 2.10. The molecule has 0 amide bonds. The predicted molar refractivity (Wildman–Crippen MR) is 66.0 cm³/mol. The van der Waals surface area contributed by atoms with E-state index in [0.717, 1.165) is 0 Å². The van der Waals surface area contributed by atoms with Crippen LogP contribution in [0.1, 0.15) is 0 Å². The molecule has 0 fully saturated rings. The third-order valence-electron chi connectivity index (χ3n) is 2.17. The van der Waals surface area contributed by atoms with Gasteiger partial charge in [0.2, 0.25) is 0 Å². The van der Waals surface area contributed by atoms with Gasteiger partial charge in [-0.25, -0.2) is 12.8 Å². The molecule has 0 spiro atoms. The maximum atomic E-state index is 13.3. The lowest BCUT2D eigenvalue weighted by molar-refractivity contribution is 0.442. The van der Waals surface area contributed by atoms with Crippen LogP contribution in [0, 0.1) is 5.82 Å². The summed E-state index contributed by atoms with van der Waals surface area (Å²) in [5.74, 6) is -0.102. The number of ether oxygens (including phenoxy) is 1. The number of hydrogen-bond donors (Lipinski definition) is 0. The van der Waals surface area contributed by atoms with Crippen molar-refractivity contribution >= 4 is 19.7 Å². The highest BCUT2D eigenvalue weighted by molar-refractivity contribution is 8.13. The molecule has 0 aromatic heterocycles. The molecule has 0 aliphatic carbocycles. The van der Waals surface area contributed by atoms with Crippen molar-refractivity contribution in [2.45, 2.75) is 4.90 Å². The second kappa shape index (κ2) is 4.96. The molecule has 0 aliphatic rings. The van der Waals surface area contributed by atoms with E-state index in [0.29, 0.717) is 5.75 Å². The molecule has 6 heteroatoms. The summed E-state index contributed by atoms with van der Waals surface area (Å²) in [4.78, 5) is -0.0370. The molecule has 0 bridgehead atoms. The molecule has 2 aromatic carbocycles. The highest BCUT2D eigenvalue weighted by Crippen LogP contribution is 2.25. The zero-order valence-corrected chi connectivity index (χ0v) is 10.6. The Labute approximate surface area is 108 Å². The smallest absolute Gasteiger partial charge is 0.261 e. The van der Waals surface area contributed by atoms with Crippen LogP contribution in [0.2, 0.25) is 0 Å². The molecule has 0 N–H and O–H groups in total. The lowest BCUT2D eigenvalue weighted by atomic mass is 10.3. The van der Waals surface area contributed by atoms with Crippen molar-refractivity contribution in [3.05, 3.63) is 54.3 Å². The number of halogens is 2. The van der Waals surface area contributed by atoms with Crippen LogP contribution in [0.25, 0.3) is 0 Å². The summed E-state index contributed by atoms with van der Waals surface area (Å²) in [5, 5.41) is 0. The van der Waals surface area contributed by atoms with Crippen molar-refractivity contribution in [3.63, 3.8) is 0 Å². The second-order valence-electron chi connectivity index (χ2n) is 3.44. The first kappa shape index (κ1) is 12.9. The Morgan fingerprint density at radius 1 is 1.00 bits per heavy atom. The first-order chi connectivity index (χ1) is 8.47. The zero-order valence-electron chi connectivity index (χ0n) is 9.01. The van der Waals surface area contributed by atoms with Gasteiger partial charge >= 0.3 is 0 Å². The number of rotatable bonds is 3. The minimum absolute atomic E-state index is 0.0370. The molecule has 2 aromatic rings. The van der Waals surface area contributed by atoms with Crippen LogP contribution < -0.4 is 4.74 Å². The zero-order chi connectivity index (χ0) is 13.2. The average Bonchev–Trinajstić information content (AvgIpc) is 2.32. The molecule has 0 atom stereocenters. The van der Waals surface area contributed by atoms with Crippen LogP contribution in [0.4, 0.5) is 4.39 Å². The number of para-hydroxylation sites is 1. The van der Waals surface area contributed by atoms with Crippen LogP contribution in [0.3, 0.4) is 0 Å². The summed E-state index contributed by atoms with van der Waals surface area (Å²) in [6.45, 7) is 0. The fraction of sp³-hybridized carbons (Fsp3) is 0. The van der Waals surface area contributed by atoms with Crippen LogP contribution in [-0.2, 0) is 9.05 Å². The van der Waals surface area contributed by atoms with Gasteiger partial charge in [0.15, 0.2) is 11.6 Å². The van der Waals surface area contributed by atoms with Gasteiger partial charge in [0.05, 0.1) is 4.90 Å². The molecule has 0 unspecified atom stereocenters. The third kappa shape index (κ3) is 3.00. The number of hydrogen-bond acceptors (Lipinski definition) is 3. The summed E-state index contributed by atoms with van der Waals surface area (Å²) in [6, 6.07) is 11.3.